The highest BCUT2D eigenvalue weighted by atomic mass is 79.9. The molecule has 192 valence electrons. The summed E-state index contributed by atoms with van der Waals surface area (Å²) in [6.07, 6.45) is 2.74. The second kappa shape index (κ2) is 12.5. The van der Waals surface area contributed by atoms with Crippen molar-refractivity contribution in [1.29, 1.82) is 0 Å². The number of rotatable bonds is 9. The molecule has 8 nitrogen and oxygen atoms in total. The number of Topliss-reactive ketones (excluding diaryl/α,β-unsaturated/α-hetero) is 1. The average molecular weight is 567 g/mol. The van der Waals surface area contributed by atoms with Crippen LogP contribution in [0.2, 0.25) is 0 Å². The number of nitrogens with zero attached hydrogens (tertiary/aromatic N) is 1. The first kappa shape index (κ1) is 26.4. The smallest absolute Gasteiger partial charge is 0.410 e. The minimum absolute atomic E-state index is 0.0118. The molecule has 3 aromatic rings. The first-order valence-electron chi connectivity index (χ1n) is 11.8. The fraction of sp³-hybridized carbons (Fsp3) is 0.250. The Morgan fingerprint density at radius 1 is 0.973 bits per heavy atom. The van der Waals surface area contributed by atoms with E-state index < -0.39 is 18.1 Å². The predicted molar refractivity (Wildman–Crippen MR) is 140 cm³/mol. The lowest BCUT2D eigenvalue weighted by atomic mass is 10.0. The third-order valence-corrected chi connectivity index (χ3v) is 6.55. The molecule has 1 amide bonds. The van der Waals surface area contributed by atoms with Gasteiger partial charge in [-0.2, -0.15) is 0 Å². The van der Waals surface area contributed by atoms with Crippen LogP contribution in [0.4, 0.5) is 4.79 Å². The zero-order valence-corrected chi connectivity index (χ0v) is 21.8. The molecule has 9 heteroatoms. The molecule has 0 fully saturated rings. The largest absolute Gasteiger partial charge is 0.464 e. The Morgan fingerprint density at radius 2 is 1.62 bits per heavy atom. The summed E-state index contributed by atoms with van der Waals surface area (Å²) in [7, 11) is 1.26. The predicted octanol–water partition coefficient (Wildman–Crippen LogP) is 5.30. The van der Waals surface area contributed by atoms with Gasteiger partial charge in [-0.3, -0.25) is 9.69 Å². The number of halogens is 1. The van der Waals surface area contributed by atoms with E-state index in [9.17, 15) is 14.4 Å². The summed E-state index contributed by atoms with van der Waals surface area (Å²) in [5.74, 6) is -0.858. The first-order valence-corrected chi connectivity index (χ1v) is 12.5. The minimum Gasteiger partial charge on any atom is -0.464 e. The number of carbonyl (C=O) groups is 3. The third-order valence-electron chi connectivity index (χ3n) is 5.92. The van der Waals surface area contributed by atoms with Crippen molar-refractivity contribution in [2.24, 2.45) is 0 Å². The number of aromatic amines is 1. The number of nitrogens with one attached hydrogen (secondary N) is 1. The highest BCUT2D eigenvalue weighted by molar-refractivity contribution is 9.10. The zero-order chi connectivity index (χ0) is 26.2. The molecule has 4 rings (SSSR count). The van der Waals surface area contributed by atoms with Gasteiger partial charge in [0.25, 0.3) is 0 Å². The average Bonchev–Trinajstić information content (AvgIpc) is 3.33. The van der Waals surface area contributed by atoms with Crippen molar-refractivity contribution in [1.82, 2.24) is 9.88 Å². The summed E-state index contributed by atoms with van der Waals surface area (Å²) in [4.78, 5) is 42.4. The Hall–Kier alpha value is -3.69. The van der Waals surface area contributed by atoms with Gasteiger partial charge in [0.1, 0.15) is 12.3 Å². The monoisotopic (exact) mass is 566 g/mol. The Morgan fingerprint density at radius 3 is 2.27 bits per heavy atom. The number of hydrogen-bond acceptors (Lipinski definition) is 6. The molecule has 0 aliphatic carbocycles. The molecule has 2 aromatic carbocycles. The molecule has 1 aromatic heterocycles. The molecule has 2 heterocycles. The summed E-state index contributed by atoms with van der Waals surface area (Å²) < 4.78 is 16.8. The number of ether oxygens (including phenoxy) is 3. The number of ketones is 1. The number of amides is 1. The van der Waals surface area contributed by atoms with Gasteiger partial charge in [0.2, 0.25) is 0 Å². The van der Waals surface area contributed by atoms with E-state index in [1.807, 2.05) is 66.7 Å². The van der Waals surface area contributed by atoms with Crippen LogP contribution in [0.15, 0.2) is 83.4 Å². The molecule has 37 heavy (non-hydrogen) atoms. The van der Waals surface area contributed by atoms with Crippen molar-refractivity contribution >= 4 is 33.8 Å². The standard InChI is InChI=1S/C28H27BrN2O6/c1-35-27(33)24-15-23(29)26(30-24)25(32)14-21-12-13-22(36-17-19-8-4-2-5-9-19)16-31(21)28(34)37-18-20-10-6-3-7-11-20/h2-13,15,21-22,30H,14,16-18H2,1H3/t21-,22-/m1/s1. The molecule has 0 spiro atoms. The van der Waals surface area contributed by atoms with E-state index in [0.717, 1.165) is 11.1 Å². The summed E-state index contributed by atoms with van der Waals surface area (Å²) >= 11 is 3.32. The fourth-order valence-corrected chi connectivity index (χ4v) is 4.52. The van der Waals surface area contributed by atoms with Crippen LogP contribution in [0.3, 0.4) is 0 Å². The van der Waals surface area contributed by atoms with Gasteiger partial charge in [0, 0.05) is 10.9 Å². The topological polar surface area (TPSA) is 97.9 Å². The molecule has 0 saturated heterocycles. The maximum Gasteiger partial charge on any atom is 0.410 e. The Balaban J connectivity index is 1.48. The van der Waals surface area contributed by atoms with Crippen LogP contribution in [-0.4, -0.2) is 53.5 Å². The van der Waals surface area contributed by atoms with E-state index in [1.165, 1.54) is 18.1 Å². The van der Waals surface area contributed by atoms with E-state index in [1.54, 1.807) is 6.08 Å². The van der Waals surface area contributed by atoms with Gasteiger partial charge in [-0.05, 0) is 33.1 Å². The maximum absolute atomic E-state index is 13.1. The Bertz CT molecular complexity index is 1260. The van der Waals surface area contributed by atoms with Gasteiger partial charge < -0.3 is 19.2 Å². The van der Waals surface area contributed by atoms with E-state index in [4.69, 9.17) is 14.2 Å². The number of H-pyrrole nitrogens is 1. The molecule has 0 bridgehead atoms. The van der Waals surface area contributed by atoms with E-state index in [0.29, 0.717) is 11.1 Å². The number of carbonyl (C=O) groups excluding carboxylic acids is 3. The summed E-state index contributed by atoms with van der Waals surface area (Å²) in [5, 5.41) is 0. The Labute approximate surface area is 223 Å². The SMILES string of the molecule is COC(=O)c1cc(Br)c(C(=O)C[C@H]2C=C[C@@H](OCc3ccccc3)CN2C(=O)OCc2ccccc2)[nH]1. The second-order valence-corrected chi connectivity index (χ2v) is 9.36. The van der Waals surface area contributed by atoms with Crippen LogP contribution in [-0.2, 0) is 27.4 Å². The highest BCUT2D eigenvalue weighted by Gasteiger charge is 2.32. The van der Waals surface area contributed by atoms with Crippen LogP contribution in [0, 0.1) is 0 Å². The quantitative estimate of drug-likeness (QED) is 0.214. The van der Waals surface area contributed by atoms with Gasteiger partial charge in [-0.1, -0.05) is 72.8 Å². The maximum atomic E-state index is 13.1. The molecule has 1 aliphatic heterocycles. The summed E-state index contributed by atoms with van der Waals surface area (Å²) in [6.45, 7) is 0.729. The van der Waals surface area contributed by atoms with Gasteiger partial charge in [-0.15, -0.1) is 0 Å². The zero-order valence-electron chi connectivity index (χ0n) is 20.3. The molecule has 0 unspecified atom stereocenters. The van der Waals surface area contributed by atoms with Crippen molar-refractivity contribution in [2.75, 3.05) is 13.7 Å². The molecule has 0 saturated carbocycles. The van der Waals surface area contributed by atoms with Gasteiger partial charge >= 0.3 is 12.1 Å². The number of benzene rings is 2. The van der Waals surface area contributed by atoms with Crippen molar-refractivity contribution in [2.45, 2.75) is 31.8 Å². The molecule has 1 aliphatic rings. The molecule has 2 atom stereocenters. The number of methoxy groups -OCH3 is 1. The lowest BCUT2D eigenvalue weighted by Gasteiger charge is -2.34. The van der Waals surface area contributed by atoms with E-state index >= 15 is 0 Å². The lowest BCUT2D eigenvalue weighted by molar-refractivity contribution is 0.0206. The Kier molecular flexibility index (Phi) is 8.92. The lowest BCUT2D eigenvalue weighted by Crippen LogP contribution is -2.47. The van der Waals surface area contributed by atoms with E-state index in [2.05, 4.69) is 20.9 Å². The van der Waals surface area contributed by atoms with Crippen LogP contribution >= 0.6 is 15.9 Å². The van der Waals surface area contributed by atoms with Gasteiger partial charge in [0.15, 0.2) is 5.78 Å². The normalized spacial score (nSPS) is 16.9. The molecular formula is C28H27BrN2O6. The summed E-state index contributed by atoms with van der Waals surface area (Å²) in [5.41, 5.74) is 2.27. The van der Waals surface area contributed by atoms with Crippen molar-refractivity contribution in [3.63, 3.8) is 0 Å². The van der Waals surface area contributed by atoms with Crippen LogP contribution in [0.5, 0.6) is 0 Å². The number of aromatic nitrogens is 1. The van der Waals surface area contributed by atoms with Gasteiger partial charge in [0.05, 0.1) is 38.1 Å². The van der Waals surface area contributed by atoms with E-state index in [-0.39, 0.29) is 42.8 Å². The third kappa shape index (κ3) is 6.96. The van der Waals surface area contributed by atoms with Crippen molar-refractivity contribution in [3.05, 3.63) is 106 Å². The highest BCUT2D eigenvalue weighted by Crippen LogP contribution is 2.24. The van der Waals surface area contributed by atoms with Crippen molar-refractivity contribution < 1.29 is 28.6 Å². The van der Waals surface area contributed by atoms with Gasteiger partial charge in [-0.25, -0.2) is 9.59 Å². The molecule has 0 radical (unpaired) electrons. The van der Waals surface area contributed by atoms with Crippen LogP contribution in [0.1, 0.15) is 38.5 Å². The van der Waals surface area contributed by atoms with Crippen molar-refractivity contribution in [3.8, 4) is 0 Å². The summed E-state index contributed by atoms with van der Waals surface area (Å²) in [6, 6.07) is 20.1. The second-order valence-electron chi connectivity index (χ2n) is 8.50. The minimum atomic E-state index is -0.582. The molecular weight excluding hydrogens is 540 g/mol. The number of hydrogen-bond donors (Lipinski definition) is 1. The fourth-order valence-electron chi connectivity index (χ4n) is 3.97. The first-order chi connectivity index (χ1) is 17.9. The van der Waals surface area contributed by atoms with Crippen LogP contribution in [0.25, 0.3) is 0 Å². The van der Waals surface area contributed by atoms with Crippen LogP contribution < -0.4 is 0 Å². The number of esters is 1. The molecule has 1 N–H and O–H groups in total.